The van der Waals surface area contributed by atoms with Crippen molar-refractivity contribution in [3.63, 3.8) is 0 Å². The highest BCUT2D eigenvalue weighted by Crippen LogP contribution is 2.29. The summed E-state index contributed by atoms with van der Waals surface area (Å²) in [5, 5.41) is 0.466. The van der Waals surface area contributed by atoms with Crippen molar-refractivity contribution in [2.45, 2.75) is 33.2 Å². The molecular weight excluding hydrogens is 334 g/mol. The van der Waals surface area contributed by atoms with Crippen LogP contribution in [0.2, 0.25) is 0 Å². The summed E-state index contributed by atoms with van der Waals surface area (Å²) in [6, 6.07) is 3.33. The summed E-state index contributed by atoms with van der Waals surface area (Å²) in [6.45, 7) is 5.33. The van der Waals surface area contributed by atoms with Crippen molar-refractivity contribution in [3.8, 4) is 11.5 Å². The fraction of sp³-hybridized carbons (Fsp3) is 0.526. The van der Waals surface area contributed by atoms with Gasteiger partial charge in [0.1, 0.15) is 0 Å². The van der Waals surface area contributed by atoms with E-state index < -0.39 is 0 Å². The molecule has 0 fully saturated rings. The van der Waals surface area contributed by atoms with Crippen molar-refractivity contribution in [2.24, 2.45) is 5.92 Å². The Morgan fingerprint density at radius 2 is 1.88 bits per heavy atom. The molecule has 142 valence electrons. The Balaban J connectivity index is 2.12. The van der Waals surface area contributed by atoms with Gasteiger partial charge in [-0.05, 0) is 18.4 Å². The minimum Gasteiger partial charge on any atom is -0.493 e. The van der Waals surface area contributed by atoms with Gasteiger partial charge in [0, 0.05) is 32.6 Å². The van der Waals surface area contributed by atoms with Gasteiger partial charge in [-0.1, -0.05) is 13.8 Å². The smallest absolute Gasteiger partial charge is 0.261 e. The first-order valence-electron chi connectivity index (χ1n) is 8.72. The summed E-state index contributed by atoms with van der Waals surface area (Å²) in [4.78, 5) is 30.9. The quantitative estimate of drug-likeness (QED) is 0.721. The molecular formula is C19H27N3O4. The molecule has 26 heavy (non-hydrogen) atoms. The molecule has 1 aromatic heterocycles. The number of aromatic nitrogens is 2. The van der Waals surface area contributed by atoms with Crippen LogP contribution < -0.4 is 15.0 Å². The van der Waals surface area contributed by atoms with E-state index in [2.05, 4.69) is 18.8 Å². The highest BCUT2D eigenvalue weighted by Gasteiger charge is 2.13. The van der Waals surface area contributed by atoms with Crippen LogP contribution in [0.5, 0.6) is 11.5 Å². The van der Waals surface area contributed by atoms with E-state index in [1.54, 1.807) is 17.0 Å². The lowest BCUT2D eigenvalue weighted by molar-refractivity contribution is -0.130. The molecule has 0 unspecified atom stereocenters. The fourth-order valence-electron chi connectivity index (χ4n) is 2.89. The number of benzene rings is 1. The van der Waals surface area contributed by atoms with Gasteiger partial charge in [0.15, 0.2) is 11.5 Å². The molecule has 0 spiro atoms. The number of aryl methyl sites for hydroxylation is 1. The molecule has 1 heterocycles. The third-order valence-electron chi connectivity index (χ3n) is 4.18. The van der Waals surface area contributed by atoms with Crippen LogP contribution in [0.4, 0.5) is 0 Å². The summed E-state index contributed by atoms with van der Waals surface area (Å²) in [7, 11) is 4.88. The van der Waals surface area contributed by atoms with Gasteiger partial charge in [0.05, 0.1) is 31.4 Å². The zero-order valence-electron chi connectivity index (χ0n) is 16.1. The van der Waals surface area contributed by atoms with Crippen molar-refractivity contribution in [1.29, 1.82) is 0 Å². The van der Waals surface area contributed by atoms with Crippen molar-refractivity contribution in [1.82, 2.24) is 14.5 Å². The Morgan fingerprint density at radius 3 is 2.50 bits per heavy atom. The average molecular weight is 361 g/mol. The second-order valence-electron chi connectivity index (χ2n) is 6.74. The van der Waals surface area contributed by atoms with E-state index >= 15 is 0 Å². The molecule has 0 aliphatic heterocycles. The van der Waals surface area contributed by atoms with Crippen LogP contribution in [0.3, 0.4) is 0 Å². The molecule has 1 aromatic carbocycles. The number of hydrogen-bond acceptors (Lipinski definition) is 5. The SMILES string of the molecule is COc1cc2ncn(CCCC(=O)N(C)CC(C)C)c(=O)c2cc1OC. The molecule has 0 atom stereocenters. The van der Waals surface area contributed by atoms with Gasteiger partial charge in [0.25, 0.3) is 5.56 Å². The molecule has 0 saturated carbocycles. The van der Waals surface area contributed by atoms with Crippen LogP contribution in [0.15, 0.2) is 23.3 Å². The highest BCUT2D eigenvalue weighted by atomic mass is 16.5. The van der Waals surface area contributed by atoms with Crippen LogP contribution in [0.1, 0.15) is 26.7 Å². The van der Waals surface area contributed by atoms with Gasteiger partial charge in [-0.2, -0.15) is 0 Å². The van der Waals surface area contributed by atoms with Gasteiger partial charge < -0.3 is 14.4 Å². The van der Waals surface area contributed by atoms with E-state index in [4.69, 9.17) is 9.47 Å². The molecule has 0 radical (unpaired) electrons. The van der Waals surface area contributed by atoms with Gasteiger partial charge in [-0.15, -0.1) is 0 Å². The lowest BCUT2D eigenvalue weighted by Crippen LogP contribution is -2.30. The standard InChI is InChI=1S/C19H27N3O4/c1-13(2)11-21(3)18(23)7-6-8-22-12-20-15-10-17(26-5)16(25-4)9-14(15)19(22)24/h9-10,12-13H,6-8,11H2,1-5H3. The maximum Gasteiger partial charge on any atom is 0.261 e. The fourth-order valence-corrected chi connectivity index (χ4v) is 2.89. The van der Waals surface area contributed by atoms with E-state index in [9.17, 15) is 9.59 Å². The lowest BCUT2D eigenvalue weighted by atomic mass is 10.2. The van der Waals surface area contributed by atoms with Crippen molar-refractivity contribution < 1.29 is 14.3 Å². The first-order chi connectivity index (χ1) is 12.4. The Morgan fingerprint density at radius 1 is 1.23 bits per heavy atom. The number of methoxy groups -OCH3 is 2. The molecule has 7 nitrogen and oxygen atoms in total. The van der Waals surface area contributed by atoms with Crippen LogP contribution in [-0.4, -0.2) is 48.2 Å². The minimum atomic E-state index is -0.154. The Bertz CT molecular complexity index is 829. The van der Waals surface area contributed by atoms with Crippen LogP contribution in [-0.2, 0) is 11.3 Å². The summed E-state index contributed by atoms with van der Waals surface area (Å²) in [5.41, 5.74) is 0.399. The number of fused-ring (bicyclic) bond motifs is 1. The van der Waals surface area contributed by atoms with Gasteiger partial charge in [-0.3, -0.25) is 14.2 Å². The average Bonchev–Trinajstić information content (AvgIpc) is 2.61. The van der Waals surface area contributed by atoms with E-state index in [0.717, 1.165) is 6.54 Å². The normalized spacial score (nSPS) is 11.0. The number of amides is 1. The topological polar surface area (TPSA) is 73.7 Å². The molecule has 1 amide bonds. The van der Waals surface area contributed by atoms with Crippen molar-refractivity contribution >= 4 is 16.8 Å². The van der Waals surface area contributed by atoms with E-state index in [1.165, 1.54) is 25.1 Å². The number of rotatable bonds is 8. The zero-order chi connectivity index (χ0) is 19.3. The Labute approximate surface area is 153 Å². The minimum absolute atomic E-state index is 0.0897. The molecule has 2 rings (SSSR count). The molecule has 0 bridgehead atoms. The zero-order valence-corrected chi connectivity index (χ0v) is 16.1. The van der Waals surface area contributed by atoms with Crippen LogP contribution in [0.25, 0.3) is 10.9 Å². The van der Waals surface area contributed by atoms with E-state index in [0.29, 0.717) is 47.7 Å². The summed E-state index contributed by atoms with van der Waals surface area (Å²) < 4.78 is 12.0. The molecule has 0 saturated heterocycles. The van der Waals surface area contributed by atoms with Gasteiger partial charge in [-0.25, -0.2) is 4.98 Å². The highest BCUT2D eigenvalue weighted by molar-refractivity contribution is 5.81. The number of hydrogen-bond donors (Lipinski definition) is 0. The predicted octanol–water partition coefficient (Wildman–Crippen LogP) is 2.31. The largest absolute Gasteiger partial charge is 0.493 e. The number of nitrogens with zero attached hydrogens (tertiary/aromatic N) is 3. The van der Waals surface area contributed by atoms with E-state index in [-0.39, 0.29) is 11.5 Å². The summed E-state index contributed by atoms with van der Waals surface area (Å²) in [5.74, 6) is 1.54. The second-order valence-corrected chi connectivity index (χ2v) is 6.74. The third kappa shape index (κ3) is 4.53. The number of ether oxygens (including phenoxy) is 2. The first-order valence-corrected chi connectivity index (χ1v) is 8.72. The summed E-state index contributed by atoms with van der Waals surface area (Å²) in [6.07, 6.45) is 2.50. The van der Waals surface area contributed by atoms with Gasteiger partial charge in [0.2, 0.25) is 5.91 Å². The second kappa shape index (κ2) is 8.69. The monoisotopic (exact) mass is 361 g/mol. The third-order valence-corrected chi connectivity index (χ3v) is 4.18. The Hall–Kier alpha value is -2.57. The molecule has 0 aliphatic carbocycles. The van der Waals surface area contributed by atoms with Gasteiger partial charge >= 0.3 is 0 Å². The van der Waals surface area contributed by atoms with Crippen molar-refractivity contribution in [2.75, 3.05) is 27.8 Å². The molecule has 0 N–H and O–H groups in total. The van der Waals surface area contributed by atoms with Crippen molar-refractivity contribution in [3.05, 3.63) is 28.8 Å². The summed E-state index contributed by atoms with van der Waals surface area (Å²) >= 11 is 0. The predicted molar refractivity (Wildman–Crippen MR) is 101 cm³/mol. The number of carbonyl (C=O) groups excluding carboxylic acids is 1. The first kappa shape index (κ1) is 19.8. The maximum atomic E-state index is 12.7. The van der Waals surface area contributed by atoms with Crippen LogP contribution in [0, 0.1) is 5.92 Å². The maximum absolute atomic E-state index is 12.7. The van der Waals surface area contributed by atoms with Crippen LogP contribution >= 0.6 is 0 Å². The number of carbonyl (C=O) groups is 1. The molecule has 0 aliphatic rings. The van der Waals surface area contributed by atoms with E-state index in [1.807, 2.05) is 7.05 Å². The Kier molecular flexibility index (Phi) is 6.60. The molecule has 2 aromatic rings. The lowest BCUT2D eigenvalue weighted by Gasteiger charge is -2.19. The molecule has 7 heteroatoms.